The Labute approximate surface area is 248 Å². The van der Waals surface area contributed by atoms with Gasteiger partial charge in [-0.25, -0.2) is 0 Å². The smallest absolute Gasteiger partial charge is 0.308 e. The molecule has 222 valence electrons. The Balaban J connectivity index is 1.31. The van der Waals surface area contributed by atoms with Gasteiger partial charge in [0.2, 0.25) is 5.91 Å². The zero-order valence-electron chi connectivity index (χ0n) is 24.9. The number of hydrogen-bond acceptors (Lipinski definition) is 6. The van der Waals surface area contributed by atoms with E-state index in [1.54, 1.807) is 6.08 Å². The summed E-state index contributed by atoms with van der Waals surface area (Å²) in [4.78, 5) is 30.6. The molecule has 2 saturated carbocycles. The van der Waals surface area contributed by atoms with Crippen molar-refractivity contribution in [3.05, 3.63) is 65.2 Å². The summed E-state index contributed by atoms with van der Waals surface area (Å²) in [6.07, 6.45) is 8.43. The molecule has 42 heavy (non-hydrogen) atoms. The number of carbonyl (C=O) groups is 2. The Morgan fingerprint density at radius 2 is 1.93 bits per heavy atom. The Bertz CT molecular complexity index is 1420. The quantitative estimate of drug-likeness (QED) is 0.281. The molecule has 0 unspecified atom stereocenters. The summed E-state index contributed by atoms with van der Waals surface area (Å²) in [6, 6.07) is 13.6. The van der Waals surface area contributed by atoms with Crippen LogP contribution in [0.4, 0.5) is 0 Å². The van der Waals surface area contributed by atoms with Gasteiger partial charge in [0, 0.05) is 37.7 Å². The summed E-state index contributed by atoms with van der Waals surface area (Å²) in [5, 5.41) is 12.9. The van der Waals surface area contributed by atoms with Crippen LogP contribution in [0.1, 0.15) is 69.6 Å². The number of hydrogen-bond donors (Lipinski definition) is 1. The molecule has 1 saturated heterocycles. The van der Waals surface area contributed by atoms with E-state index in [9.17, 15) is 14.7 Å². The molecule has 1 spiro atoms. The Hall–Kier alpha value is -3.16. The molecule has 3 fully saturated rings. The fourth-order valence-corrected chi connectivity index (χ4v) is 8.61. The summed E-state index contributed by atoms with van der Waals surface area (Å²) in [6.45, 7) is 8.18. The first-order valence-corrected chi connectivity index (χ1v) is 15.7. The highest BCUT2D eigenvalue weighted by atomic mass is 16.6. The van der Waals surface area contributed by atoms with Crippen LogP contribution in [0.2, 0.25) is 0 Å². The lowest BCUT2D eigenvalue weighted by Crippen LogP contribution is -2.78. The Morgan fingerprint density at radius 3 is 2.64 bits per heavy atom. The van der Waals surface area contributed by atoms with E-state index in [1.807, 2.05) is 47.4 Å². The van der Waals surface area contributed by atoms with Crippen LogP contribution < -0.4 is 9.47 Å². The lowest BCUT2D eigenvalue weighted by atomic mass is 9.48. The molecule has 5 atom stereocenters. The minimum Gasteiger partial charge on any atom is -0.483 e. The van der Waals surface area contributed by atoms with Gasteiger partial charge >= 0.3 is 5.97 Å². The van der Waals surface area contributed by atoms with Crippen molar-refractivity contribution in [3.8, 4) is 11.5 Å². The van der Waals surface area contributed by atoms with E-state index in [0.717, 1.165) is 43.0 Å². The highest BCUT2D eigenvalue weighted by molar-refractivity contribution is 5.92. The number of piperidine rings is 1. The number of ether oxygens (including phenoxy) is 2. The molecular formula is C35H42N2O5. The van der Waals surface area contributed by atoms with Gasteiger partial charge in [0.1, 0.15) is 6.10 Å². The highest BCUT2D eigenvalue weighted by Gasteiger charge is 2.73. The molecule has 1 N–H and O–H groups in total. The van der Waals surface area contributed by atoms with Crippen LogP contribution in [0.15, 0.2) is 48.5 Å². The summed E-state index contributed by atoms with van der Waals surface area (Å²) in [5.41, 5.74) is 1.51. The average molecular weight is 571 g/mol. The number of rotatable bonds is 8. The first kappa shape index (κ1) is 27.7. The van der Waals surface area contributed by atoms with Crippen molar-refractivity contribution in [1.82, 2.24) is 9.80 Å². The van der Waals surface area contributed by atoms with E-state index in [1.165, 1.54) is 25.3 Å². The van der Waals surface area contributed by atoms with Crippen molar-refractivity contribution in [1.29, 1.82) is 0 Å². The molecule has 2 bridgehead atoms. The second-order valence-electron chi connectivity index (χ2n) is 13.6. The molecule has 2 aliphatic heterocycles. The fraction of sp³-hybridized carbons (Fsp3) is 0.543. The van der Waals surface area contributed by atoms with Gasteiger partial charge in [-0.2, -0.15) is 0 Å². The fourth-order valence-electron chi connectivity index (χ4n) is 8.61. The summed E-state index contributed by atoms with van der Waals surface area (Å²) >= 11 is 0. The lowest BCUT2D eigenvalue weighted by Gasteiger charge is -2.65. The molecule has 7 rings (SSSR count). The molecule has 7 heteroatoms. The Kier molecular flexibility index (Phi) is 6.74. The van der Waals surface area contributed by atoms with Crippen molar-refractivity contribution >= 4 is 18.0 Å². The predicted octanol–water partition coefficient (Wildman–Crippen LogP) is 4.74. The SMILES string of the molecule is CC(=O)Oc1ccc2c3c1O[C@H]1[C@H](N(CC(C)C)C(=O)C=Cc4ccccc4)CC[C@@]4(O)[C@@H](C2)N(CC2CC2)CC[C@]314. The predicted molar refractivity (Wildman–Crippen MR) is 160 cm³/mol. The minimum atomic E-state index is -0.985. The van der Waals surface area contributed by atoms with Gasteiger partial charge in [0.05, 0.1) is 17.1 Å². The van der Waals surface area contributed by atoms with Crippen molar-refractivity contribution in [2.75, 3.05) is 19.6 Å². The number of amides is 1. The van der Waals surface area contributed by atoms with Gasteiger partial charge in [-0.3, -0.25) is 14.5 Å². The summed E-state index contributed by atoms with van der Waals surface area (Å²) in [5.74, 6) is 1.54. The topological polar surface area (TPSA) is 79.3 Å². The van der Waals surface area contributed by atoms with Crippen LogP contribution in [0.5, 0.6) is 11.5 Å². The minimum absolute atomic E-state index is 0.00384. The molecule has 2 aromatic rings. The normalized spacial score (nSPS) is 31.1. The molecule has 0 aromatic heterocycles. The summed E-state index contributed by atoms with van der Waals surface area (Å²) < 4.78 is 12.6. The molecule has 2 heterocycles. The van der Waals surface area contributed by atoms with Crippen LogP contribution in [-0.2, 0) is 21.4 Å². The van der Waals surface area contributed by atoms with Crippen LogP contribution in [0, 0.1) is 11.8 Å². The molecule has 2 aromatic carbocycles. The zero-order chi connectivity index (χ0) is 29.2. The second-order valence-corrected chi connectivity index (χ2v) is 13.6. The third-order valence-corrected chi connectivity index (χ3v) is 10.4. The molecular weight excluding hydrogens is 528 g/mol. The van der Waals surface area contributed by atoms with E-state index in [0.29, 0.717) is 30.9 Å². The van der Waals surface area contributed by atoms with Crippen molar-refractivity contribution in [3.63, 3.8) is 0 Å². The van der Waals surface area contributed by atoms with Crippen LogP contribution >= 0.6 is 0 Å². The first-order valence-electron chi connectivity index (χ1n) is 15.7. The van der Waals surface area contributed by atoms with Crippen molar-refractivity contribution in [2.45, 2.75) is 88.5 Å². The number of aliphatic hydroxyl groups is 1. The van der Waals surface area contributed by atoms with Gasteiger partial charge in [0.25, 0.3) is 0 Å². The molecule has 1 amide bonds. The average Bonchev–Trinajstić information content (AvgIpc) is 3.70. The van der Waals surface area contributed by atoms with Crippen molar-refractivity contribution in [2.24, 2.45) is 11.8 Å². The second kappa shape index (κ2) is 10.2. The number of benzene rings is 2. The Morgan fingerprint density at radius 1 is 1.14 bits per heavy atom. The lowest BCUT2D eigenvalue weighted by molar-refractivity contribution is -0.201. The standard InChI is InChI=1S/C35H42N2O5/c1-22(2)20-37(30(39)14-11-24-7-5-4-6-8-24)27-15-16-35(40)29-19-26-12-13-28(41-23(3)38)32-31(26)34(35,33(27)42-32)17-18-36(29)21-25-9-10-25/h4-8,11-14,22,25,27,29,33,40H,9-10,15-21H2,1-3H3/t27-,29-,33+,34+,35-/m1/s1. The largest absolute Gasteiger partial charge is 0.483 e. The maximum Gasteiger partial charge on any atom is 0.308 e. The maximum atomic E-state index is 14.0. The van der Waals surface area contributed by atoms with Crippen LogP contribution in [0.25, 0.3) is 6.08 Å². The van der Waals surface area contributed by atoms with E-state index >= 15 is 0 Å². The van der Waals surface area contributed by atoms with E-state index in [4.69, 9.17) is 9.47 Å². The van der Waals surface area contributed by atoms with Gasteiger partial charge in [-0.15, -0.1) is 0 Å². The van der Waals surface area contributed by atoms with Crippen LogP contribution in [-0.4, -0.2) is 70.2 Å². The van der Waals surface area contributed by atoms with Gasteiger partial charge in [-0.1, -0.05) is 50.2 Å². The number of likely N-dealkylation sites (tertiary alicyclic amines) is 1. The third kappa shape index (κ3) is 4.31. The molecule has 7 nitrogen and oxygen atoms in total. The zero-order valence-corrected chi connectivity index (χ0v) is 24.9. The highest BCUT2D eigenvalue weighted by Crippen LogP contribution is 2.66. The number of carbonyl (C=O) groups excluding carboxylic acids is 2. The van der Waals surface area contributed by atoms with Gasteiger partial charge < -0.3 is 19.5 Å². The number of esters is 1. The van der Waals surface area contributed by atoms with E-state index in [-0.39, 0.29) is 23.9 Å². The maximum absolute atomic E-state index is 14.0. The molecule has 0 radical (unpaired) electrons. The van der Waals surface area contributed by atoms with E-state index in [2.05, 4.69) is 24.8 Å². The van der Waals surface area contributed by atoms with Gasteiger partial charge in [-0.05, 0) is 80.2 Å². The van der Waals surface area contributed by atoms with E-state index < -0.39 is 23.1 Å². The van der Waals surface area contributed by atoms with Gasteiger partial charge in [0.15, 0.2) is 11.5 Å². The summed E-state index contributed by atoms with van der Waals surface area (Å²) in [7, 11) is 0. The monoisotopic (exact) mass is 570 g/mol. The first-order chi connectivity index (χ1) is 20.2. The van der Waals surface area contributed by atoms with Crippen LogP contribution in [0.3, 0.4) is 0 Å². The molecule has 3 aliphatic carbocycles. The third-order valence-electron chi connectivity index (χ3n) is 10.4. The number of nitrogens with zero attached hydrogens (tertiary/aromatic N) is 2. The molecule has 5 aliphatic rings. The van der Waals surface area contributed by atoms with Crippen molar-refractivity contribution < 1.29 is 24.2 Å².